The van der Waals surface area contributed by atoms with Gasteiger partial charge in [0.15, 0.2) is 23.9 Å². The molecule has 0 aromatic heterocycles. The van der Waals surface area contributed by atoms with Crippen LogP contribution in [0.5, 0.6) is 11.5 Å². The average Bonchev–Trinajstić information content (AvgIpc) is 2.64. The molecule has 0 atom stereocenters. The summed E-state index contributed by atoms with van der Waals surface area (Å²) >= 11 is 0. The molecule has 0 bridgehead atoms. The summed E-state index contributed by atoms with van der Waals surface area (Å²) in [5.41, 5.74) is 0.463. The normalized spacial score (nSPS) is 10.5. The van der Waals surface area contributed by atoms with Crippen molar-refractivity contribution in [3.63, 3.8) is 0 Å². The summed E-state index contributed by atoms with van der Waals surface area (Å²) in [5.74, 6) is -1.14. The Labute approximate surface area is 148 Å². The molecule has 0 aliphatic heterocycles. The van der Waals surface area contributed by atoms with Crippen LogP contribution in [-0.2, 0) is 4.79 Å². The molecule has 0 radical (unpaired) electrons. The van der Waals surface area contributed by atoms with Crippen LogP contribution in [0.15, 0.2) is 48.5 Å². The average molecular weight is 357 g/mol. The molecule has 26 heavy (non-hydrogen) atoms. The molecule has 0 fully saturated rings. The largest absolute Gasteiger partial charge is 0.493 e. The Balaban J connectivity index is 2.22. The standard InChI is InChI=1S/C18H15NO7/c1-25-17-10-13(7-9-16(17)26-11-18(21)22)15(20)8-6-12-4-2-3-5-14(12)19(23)24/h2-10H,11H2,1H3,(H,21,22). The molecule has 8 nitrogen and oxygen atoms in total. The maximum absolute atomic E-state index is 12.3. The van der Waals surface area contributed by atoms with Crippen LogP contribution in [-0.4, -0.2) is 35.5 Å². The highest BCUT2D eigenvalue weighted by atomic mass is 16.6. The number of benzene rings is 2. The van der Waals surface area contributed by atoms with Crippen molar-refractivity contribution < 1.29 is 29.1 Å². The first-order valence-electron chi connectivity index (χ1n) is 7.41. The molecular formula is C18H15NO7. The van der Waals surface area contributed by atoms with Gasteiger partial charge < -0.3 is 14.6 Å². The molecule has 0 saturated heterocycles. The number of ether oxygens (including phenoxy) is 2. The number of methoxy groups -OCH3 is 1. The number of nitro benzene ring substituents is 1. The summed E-state index contributed by atoms with van der Waals surface area (Å²) in [5, 5.41) is 19.6. The molecular weight excluding hydrogens is 342 g/mol. The predicted molar refractivity (Wildman–Crippen MR) is 92.6 cm³/mol. The number of hydrogen-bond donors (Lipinski definition) is 1. The van der Waals surface area contributed by atoms with Crippen LogP contribution in [0.1, 0.15) is 15.9 Å². The first-order chi connectivity index (χ1) is 12.4. The van der Waals surface area contributed by atoms with Crippen LogP contribution >= 0.6 is 0 Å². The number of carbonyl (C=O) groups is 2. The van der Waals surface area contributed by atoms with Gasteiger partial charge in [0.1, 0.15) is 0 Å². The lowest BCUT2D eigenvalue weighted by atomic mass is 10.1. The van der Waals surface area contributed by atoms with E-state index in [9.17, 15) is 19.7 Å². The third kappa shape index (κ3) is 4.67. The van der Waals surface area contributed by atoms with Crippen molar-refractivity contribution in [2.45, 2.75) is 0 Å². The molecule has 8 heteroatoms. The number of carboxylic acids is 1. The fourth-order valence-corrected chi connectivity index (χ4v) is 2.14. The number of carboxylic acid groups (broad SMARTS) is 1. The second-order valence-electron chi connectivity index (χ2n) is 5.06. The van der Waals surface area contributed by atoms with Crippen LogP contribution in [0, 0.1) is 10.1 Å². The van der Waals surface area contributed by atoms with E-state index in [0.29, 0.717) is 5.56 Å². The van der Waals surface area contributed by atoms with Gasteiger partial charge in [0.05, 0.1) is 17.6 Å². The van der Waals surface area contributed by atoms with Gasteiger partial charge in [-0.15, -0.1) is 0 Å². The maximum Gasteiger partial charge on any atom is 0.341 e. The van der Waals surface area contributed by atoms with Crippen molar-refractivity contribution in [2.75, 3.05) is 13.7 Å². The molecule has 0 amide bonds. The number of nitrogens with zero attached hydrogens (tertiary/aromatic N) is 1. The molecule has 1 N–H and O–H groups in total. The summed E-state index contributed by atoms with van der Waals surface area (Å²) in [6.45, 7) is -0.540. The Morgan fingerprint density at radius 3 is 2.58 bits per heavy atom. The lowest BCUT2D eigenvalue weighted by molar-refractivity contribution is -0.385. The number of aliphatic carboxylic acids is 1. The fraction of sp³-hybridized carbons (Fsp3) is 0.111. The van der Waals surface area contributed by atoms with Crippen molar-refractivity contribution >= 4 is 23.5 Å². The fourth-order valence-electron chi connectivity index (χ4n) is 2.14. The first kappa shape index (κ1) is 18.7. The van der Waals surface area contributed by atoms with Gasteiger partial charge in [0.2, 0.25) is 0 Å². The number of hydrogen-bond acceptors (Lipinski definition) is 6. The number of para-hydroxylation sites is 1. The van der Waals surface area contributed by atoms with E-state index in [1.807, 2.05) is 0 Å². The highest BCUT2D eigenvalue weighted by Gasteiger charge is 2.12. The van der Waals surface area contributed by atoms with Crippen molar-refractivity contribution in [3.8, 4) is 11.5 Å². The minimum absolute atomic E-state index is 0.105. The van der Waals surface area contributed by atoms with Gasteiger partial charge in [-0.2, -0.15) is 0 Å². The number of carbonyl (C=O) groups excluding carboxylic acids is 1. The van der Waals surface area contributed by atoms with Crippen LogP contribution in [0.25, 0.3) is 6.08 Å². The Hall–Kier alpha value is -3.68. The van der Waals surface area contributed by atoms with Crippen molar-refractivity contribution in [2.24, 2.45) is 0 Å². The molecule has 0 spiro atoms. The zero-order valence-electron chi connectivity index (χ0n) is 13.7. The lowest BCUT2D eigenvalue weighted by Crippen LogP contribution is -2.10. The third-order valence-corrected chi connectivity index (χ3v) is 3.35. The molecule has 0 heterocycles. The van der Waals surface area contributed by atoms with E-state index in [1.54, 1.807) is 6.07 Å². The third-order valence-electron chi connectivity index (χ3n) is 3.35. The summed E-state index contributed by atoms with van der Waals surface area (Å²) in [6.07, 6.45) is 2.58. The second-order valence-corrected chi connectivity index (χ2v) is 5.06. The van der Waals surface area contributed by atoms with Gasteiger partial charge in [0, 0.05) is 11.6 Å². The van der Waals surface area contributed by atoms with Gasteiger partial charge in [-0.05, 0) is 36.4 Å². The topological polar surface area (TPSA) is 116 Å². The van der Waals surface area contributed by atoms with Gasteiger partial charge in [-0.25, -0.2) is 4.79 Å². The molecule has 2 rings (SSSR count). The lowest BCUT2D eigenvalue weighted by Gasteiger charge is -2.09. The van der Waals surface area contributed by atoms with E-state index < -0.39 is 23.3 Å². The molecule has 0 unspecified atom stereocenters. The molecule has 0 aliphatic carbocycles. The quantitative estimate of drug-likeness (QED) is 0.334. The molecule has 0 aliphatic rings. The van der Waals surface area contributed by atoms with Gasteiger partial charge >= 0.3 is 5.97 Å². The van der Waals surface area contributed by atoms with Crippen molar-refractivity contribution in [1.29, 1.82) is 0 Å². The van der Waals surface area contributed by atoms with Gasteiger partial charge in [-0.1, -0.05) is 12.1 Å². The number of allylic oxidation sites excluding steroid dienone is 1. The van der Waals surface area contributed by atoms with Crippen molar-refractivity contribution in [3.05, 3.63) is 69.8 Å². The molecule has 0 saturated carbocycles. The highest BCUT2D eigenvalue weighted by Crippen LogP contribution is 2.28. The predicted octanol–water partition coefficient (Wildman–Crippen LogP) is 2.96. The van der Waals surface area contributed by atoms with Crippen molar-refractivity contribution in [1.82, 2.24) is 0 Å². The van der Waals surface area contributed by atoms with Crippen LogP contribution < -0.4 is 9.47 Å². The minimum Gasteiger partial charge on any atom is -0.493 e. The molecule has 2 aromatic carbocycles. The summed E-state index contributed by atoms with van der Waals surface area (Å²) in [6, 6.07) is 10.3. The number of rotatable bonds is 8. The zero-order valence-corrected chi connectivity index (χ0v) is 13.7. The maximum atomic E-state index is 12.3. The van der Waals surface area contributed by atoms with Gasteiger partial charge in [0.25, 0.3) is 5.69 Å². The number of nitro groups is 1. The summed E-state index contributed by atoms with van der Waals surface area (Å²) < 4.78 is 10.2. The zero-order chi connectivity index (χ0) is 19.1. The van der Waals surface area contributed by atoms with E-state index in [1.165, 1.54) is 55.7 Å². The van der Waals surface area contributed by atoms with E-state index in [2.05, 4.69) is 0 Å². The Morgan fingerprint density at radius 1 is 1.19 bits per heavy atom. The van der Waals surface area contributed by atoms with E-state index >= 15 is 0 Å². The first-order valence-corrected chi connectivity index (χ1v) is 7.41. The minimum atomic E-state index is -1.14. The summed E-state index contributed by atoms with van der Waals surface area (Å²) in [7, 11) is 1.36. The monoisotopic (exact) mass is 357 g/mol. The van der Waals surface area contributed by atoms with E-state index in [-0.39, 0.29) is 22.7 Å². The SMILES string of the molecule is COc1cc(C(=O)C=Cc2ccccc2[N+](=O)[O-])ccc1OCC(=O)O. The van der Waals surface area contributed by atoms with Crippen LogP contribution in [0.3, 0.4) is 0 Å². The van der Waals surface area contributed by atoms with Crippen LogP contribution in [0.2, 0.25) is 0 Å². The molecule has 2 aromatic rings. The Kier molecular flexibility index (Phi) is 6.05. The highest BCUT2D eigenvalue weighted by molar-refractivity contribution is 6.07. The molecule has 134 valence electrons. The van der Waals surface area contributed by atoms with Crippen LogP contribution in [0.4, 0.5) is 5.69 Å². The van der Waals surface area contributed by atoms with E-state index in [4.69, 9.17) is 14.6 Å². The van der Waals surface area contributed by atoms with E-state index in [0.717, 1.165) is 0 Å². The van der Waals surface area contributed by atoms with Gasteiger partial charge in [-0.3, -0.25) is 14.9 Å². The second kappa shape index (κ2) is 8.43. The Morgan fingerprint density at radius 2 is 1.92 bits per heavy atom. The summed E-state index contributed by atoms with van der Waals surface area (Å²) in [4.78, 5) is 33.3. The number of ketones is 1. The Bertz CT molecular complexity index is 874. The smallest absolute Gasteiger partial charge is 0.341 e.